The summed E-state index contributed by atoms with van der Waals surface area (Å²) in [5, 5.41) is 0.885. The molecule has 42 heavy (non-hydrogen) atoms. The molecule has 0 spiro atoms. The lowest BCUT2D eigenvalue weighted by Gasteiger charge is -2.51. The Balaban J connectivity index is 1.52. The zero-order valence-corrected chi connectivity index (χ0v) is 27.0. The number of ether oxygens (including phenoxy) is 2. The van der Waals surface area contributed by atoms with Gasteiger partial charge in [0.2, 0.25) is 5.91 Å². The number of nitrogens with one attached hydrogen (secondary N) is 1. The highest BCUT2D eigenvalue weighted by molar-refractivity contribution is 7.90. The standard InChI is InChI=1S/C33H37Cl2NO5S/c1-19-26(35)11-8-12-29(19)42(38,39)36-31(37)24-18-25-30(40-27(24)16-20-9-7-10-22(34)15-20)23-14-13-21(32(2,3)4)17-28(23)41-33(25,5)6/h7-15,17,24-25,27,30H,16,18H2,1-6H3,(H,36,37)/t24-,25-,27-,30+/m0/s1. The van der Waals surface area contributed by atoms with Gasteiger partial charge in [0.1, 0.15) is 11.4 Å². The summed E-state index contributed by atoms with van der Waals surface area (Å²) in [6.07, 6.45) is -0.184. The largest absolute Gasteiger partial charge is 0.487 e. The van der Waals surface area contributed by atoms with Gasteiger partial charge in [0.05, 0.1) is 23.0 Å². The molecule has 3 aromatic carbocycles. The van der Waals surface area contributed by atoms with E-state index < -0.39 is 33.6 Å². The van der Waals surface area contributed by atoms with Crippen LogP contribution in [0.5, 0.6) is 5.75 Å². The number of amides is 1. The first kappa shape index (κ1) is 30.9. The molecule has 6 nitrogen and oxygen atoms in total. The van der Waals surface area contributed by atoms with E-state index in [1.807, 2.05) is 32.0 Å². The highest BCUT2D eigenvalue weighted by Crippen LogP contribution is 2.53. The molecule has 1 amide bonds. The van der Waals surface area contributed by atoms with Gasteiger partial charge in [0.25, 0.3) is 10.0 Å². The molecule has 1 fully saturated rings. The van der Waals surface area contributed by atoms with Crippen molar-refractivity contribution in [3.8, 4) is 5.75 Å². The summed E-state index contributed by atoms with van der Waals surface area (Å²) in [6.45, 7) is 12.1. The van der Waals surface area contributed by atoms with E-state index >= 15 is 0 Å². The molecular weight excluding hydrogens is 593 g/mol. The van der Waals surface area contributed by atoms with Crippen molar-refractivity contribution >= 4 is 39.1 Å². The van der Waals surface area contributed by atoms with Gasteiger partial charge >= 0.3 is 0 Å². The van der Waals surface area contributed by atoms with Crippen LogP contribution in [-0.4, -0.2) is 26.0 Å². The van der Waals surface area contributed by atoms with Gasteiger partial charge in [-0.15, -0.1) is 0 Å². The van der Waals surface area contributed by atoms with Crippen molar-refractivity contribution in [2.75, 3.05) is 0 Å². The summed E-state index contributed by atoms with van der Waals surface area (Å²) in [6, 6.07) is 18.3. The molecule has 2 aliphatic heterocycles. The number of benzene rings is 3. The van der Waals surface area contributed by atoms with E-state index in [2.05, 4.69) is 43.7 Å². The van der Waals surface area contributed by atoms with E-state index in [1.165, 1.54) is 6.07 Å². The third kappa shape index (κ3) is 6.07. The van der Waals surface area contributed by atoms with Crippen LogP contribution in [-0.2, 0) is 31.4 Å². The molecule has 0 bridgehead atoms. The topological polar surface area (TPSA) is 81.7 Å². The van der Waals surface area contributed by atoms with Crippen LogP contribution in [0.15, 0.2) is 65.6 Å². The minimum atomic E-state index is -4.18. The molecule has 0 saturated carbocycles. The van der Waals surface area contributed by atoms with Crippen molar-refractivity contribution in [2.24, 2.45) is 11.8 Å². The highest BCUT2D eigenvalue weighted by atomic mass is 35.5. The van der Waals surface area contributed by atoms with Gasteiger partial charge in [-0.1, -0.05) is 74.3 Å². The lowest BCUT2D eigenvalue weighted by atomic mass is 9.70. The first-order valence-electron chi connectivity index (χ1n) is 14.1. The van der Waals surface area contributed by atoms with E-state index in [0.29, 0.717) is 28.5 Å². The highest BCUT2D eigenvalue weighted by Gasteiger charge is 2.52. The minimum Gasteiger partial charge on any atom is -0.487 e. The molecule has 9 heteroatoms. The van der Waals surface area contributed by atoms with E-state index in [0.717, 1.165) is 22.4 Å². The van der Waals surface area contributed by atoms with Gasteiger partial charge in [0, 0.05) is 21.5 Å². The van der Waals surface area contributed by atoms with Gasteiger partial charge < -0.3 is 9.47 Å². The molecule has 2 aliphatic rings. The van der Waals surface area contributed by atoms with Crippen molar-refractivity contribution in [3.05, 3.63) is 93.0 Å². The average molecular weight is 631 g/mol. The van der Waals surface area contributed by atoms with Gasteiger partial charge in [-0.2, -0.15) is 0 Å². The van der Waals surface area contributed by atoms with E-state index in [-0.39, 0.29) is 22.3 Å². The number of halogens is 2. The Morgan fingerprint density at radius 3 is 2.45 bits per heavy atom. The molecule has 5 rings (SSSR count). The van der Waals surface area contributed by atoms with Crippen molar-refractivity contribution in [1.29, 1.82) is 0 Å². The van der Waals surface area contributed by atoms with Crippen LogP contribution >= 0.6 is 23.2 Å². The first-order valence-corrected chi connectivity index (χ1v) is 16.4. The number of hydrogen-bond donors (Lipinski definition) is 1. The molecular formula is C33H37Cl2NO5S. The zero-order valence-electron chi connectivity index (χ0n) is 24.7. The van der Waals surface area contributed by atoms with E-state index in [1.54, 1.807) is 25.1 Å². The number of fused-ring (bicyclic) bond motifs is 3. The van der Waals surface area contributed by atoms with Crippen LogP contribution < -0.4 is 9.46 Å². The normalized spacial score (nSPS) is 23.3. The van der Waals surface area contributed by atoms with Crippen LogP contribution in [0.2, 0.25) is 10.0 Å². The molecule has 3 aromatic rings. The second-order valence-corrected chi connectivity index (χ2v) is 15.4. The molecule has 0 radical (unpaired) electrons. The molecule has 0 aliphatic carbocycles. The minimum absolute atomic E-state index is 0.0331. The van der Waals surface area contributed by atoms with Crippen LogP contribution in [0.25, 0.3) is 0 Å². The third-order valence-electron chi connectivity index (χ3n) is 8.50. The first-order chi connectivity index (χ1) is 19.6. The lowest BCUT2D eigenvalue weighted by molar-refractivity contribution is -0.177. The molecule has 0 unspecified atom stereocenters. The second kappa shape index (κ2) is 11.2. The van der Waals surface area contributed by atoms with Gasteiger partial charge in [-0.05, 0) is 86.1 Å². The van der Waals surface area contributed by atoms with E-state index in [9.17, 15) is 13.2 Å². The Bertz CT molecular complexity index is 1630. The van der Waals surface area contributed by atoms with Crippen molar-refractivity contribution in [3.63, 3.8) is 0 Å². The number of rotatable bonds is 5. The summed E-state index contributed by atoms with van der Waals surface area (Å²) in [5.41, 5.74) is 2.63. The zero-order chi connectivity index (χ0) is 30.6. The van der Waals surface area contributed by atoms with Crippen molar-refractivity contribution < 1.29 is 22.7 Å². The predicted molar refractivity (Wildman–Crippen MR) is 166 cm³/mol. The van der Waals surface area contributed by atoms with Crippen LogP contribution in [0.3, 0.4) is 0 Å². The van der Waals surface area contributed by atoms with E-state index in [4.69, 9.17) is 32.7 Å². The molecule has 1 saturated heterocycles. The second-order valence-electron chi connectivity index (χ2n) is 12.9. The number of carbonyl (C=O) groups is 1. The monoisotopic (exact) mass is 629 g/mol. The van der Waals surface area contributed by atoms with Crippen LogP contribution in [0.4, 0.5) is 0 Å². The molecule has 4 atom stereocenters. The van der Waals surface area contributed by atoms with Gasteiger partial charge in [-0.25, -0.2) is 13.1 Å². The van der Waals surface area contributed by atoms with Crippen molar-refractivity contribution in [2.45, 2.75) is 82.5 Å². The fourth-order valence-corrected chi connectivity index (χ4v) is 7.79. The summed E-state index contributed by atoms with van der Waals surface area (Å²) in [4.78, 5) is 13.8. The number of sulfonamides is 1. The van der Waals surface area contributed by atoms with Crippen molar-refractivity contribution in [1.82, 2.24) is 4.72 Å². The fourth-order valence-electron chi connectivity index (χ4n) is 6.05. The Hall–Kier alpha value is -2.58. The predicted octanol–water partition coefficient (Wildman–Crippen LogP) is 7.58. The molecule has 2 heterocycles. The SMILES string of the molecule is Cc1c(Cl)cccc1S(=O)(=O)NC(=O)[C@H]1C[C@H]2[C@H](O[C@H]1Cc1cccc(Cl)c1)c1ccc(C(C)(C)C)cc1OC2(C)C. The van der Waals surface area contributed by atoms with Crippen LogP contribution in [0, 0.1) is 18.8 Å². The summed E-state index contributed by atoms with van der Waals surface area (Å²) in [5.74, 6) is -0.813. The average Bonchev–Trinajstić information content (AvgIpc) is 2.88. The Morgan fingerprint density at radius 1 is 1.05 bits per heavy atom. The molecule has 1 N–H and O–H groups in total. The van der Waals surface area contributed by atoms with Gasteiger partial charge in [-0.3, -0.25) is 4.79 Å². The summed E-state index contributed by atoms with van der Waals surface area (Å²) >= 11 is 12.5. The number of carbonyl (C=O) groups excluding carboxylic acids is 1. The summed E-state index contributed by atoms with van der Waals surface area (Å²) in [7, 11) is -4.18. The lowest BCUT2D eigenvalue weighted by Crippen LogP contribution is -2.54. The molecule has 0 aromatic heterocycles. The Kier molecular flexibility index (Phi) is 8.20. The smallest absolute Gasteiger partial charge is 0.264 e. The quantitative estimate of drug-likeness (QED) is 0.314. The van der Waals surface area contributed by atoms with Crippen LogP contribution in [0.1, 0.15) is 69.4 Å². The maximum atomic E-state index is 13.9. The fraction of sp³-hybridized carbons (Fsp3) is 0.424. The third-order valence-corrected chi connectivity index (χ3v) is 10.6. The summed E-state index contributed by atoms with van der Waals surface area (Å²) < 4.78 is 42.5. The maximum absolute atomic E-state index is 13.9. The van der Waals surface area contributed by atoms with Gasteiger partial charge in [0.15, 0.2) is 0 Å². The number of hydrogen-bond acceptors (Lipinski definition) is 5. The molecule has 224 valence electrons. The Labute approximate surface area is 258 Å². The Morgan fingerprint density at radius 2 is 1.76 bits per heavy atom. The maximum Gasteiger partial charge on any atom is 0.264 e.